The molecular formula is C33H44N4O4S. The van der Waals surface area contributed by atoms with Crippen LogP contribution in [-0.4, -0.2) is 48.4 Å². The second kappa shape index (κ2) is 12.0. The fourth-order valence-electron chi connectivity index (χ4n) is 6.34. The average Bonchev–Trinajstić information content (AvgIpc) is 2.91. The Kier molecular flexibility index (Phi) is 8.60. The van der Waals surface area contributed by atoms with Crippen LogP contribution in [-0.2, 0) is 10.0 Å². The summed E-state index contributed by atoms with van der Waals surface area (Å²) >= 11 is 0. The van der Waals surface area contributed by atoms with Gasteiger partial charge in [-0.05, 0) is 93.5 Å². The molecule has 8 nitrogen and oxygen atoms in total. The number of nitrogens with zero attached hydrogens (tertiary/aromatic N) is 3. The first kappa shape index (κ1) is 30.0. The van der Waals surface area contributed by atoms with Gasteiger partial charge in [-0.25, -0.2) is 18.1 Å². The molecule has 42 heavy (non-hydrogen) atoms. The molecule has 1 amide bonds. The van der Waals surface area contributed by atoms with E-state index in [4.69, 9.17) is 9.72 Å². The van der Waals surface area contributed by atoms with Gasteiger partial charge in [0.2, 0.25) is 11.8 Å². The summed E-state index contributed by atoms with van der Waals surface area (Å²) < 4.78 is 36.1. The molecule has 0 unspecified atom stereocenters. The maximum atomic E-state index is 14.1. The maximum absolute atomic E-state index is 14.1. The van der Waals surface area contributed by atoms with Crippen LogP contribution >= 0.6 is 0 Å². The zero-order chi connectivity index (χ0) is 30.2. The third-order valence-electron chi connectivity index (χ3n) is 8.54. The minimum Gasteiger partial charge on any atom is -0.475 e. The van der Waals surface area contributed by atoms with Gasteiger partial charge in [0.15, 0.2) is 0 Å². The first-order valence-corrected chi connectivity index (χ1v) is 16.4. The first-order chi connectivity index (χ1) is 19.9. The van der Waals surface area contributed by atoms with Crippen molar-refractivity contribution in [1.29, 1.82) is 0 Å². The van der Waals surface area contributed by atoms with Crippen molar-refractivity contribution in [2.24, 2.45) is 17.8 Å². The standard InChI is InChI=1S/C33H42N4O4S.H2/c1-20(2)15-27-19-41-31-24(6)30(29-22(4)9-7-10-23(29)5)34-33(35-31)36-42(39,40)28-12-8-11-26(18-28)32(38)37(27)14-13-25-16-21(3)17-25;/h7-12,18,20-21,25,27H,13-17,19H2,1-6H3,(H,34,35,36);1H/t21?,25?,27-;/m1./s1. The van der Waals surface area contributed by atoms with Gasteiger partial charge >= 0.3 is 0 Å². The molecule has 1 aliphatic heterocycles. The number of anilines is 1. The molecule has 5 rings (SSSR count). The lowest BCUT2D eigenvalue weighted by molar-refractivity contribution is 0.0529. The topological polar surface area (TPSA) is 101 Å². The summed E-state index contributed by atoms with van der Waals surface area (Å²) in [6.07, 6.45) is 4.01. The summed E-state index contributed by atoms with van der Waals surface area (Å²) in [4.78, 5) is 25.2. The van der Waals surface area contributed by atoms with E-state index in [9.17, 15) is 13.2 Å². The van der Waals surface area contributed by atoms with E-state index >= 15 is 0 Å². The average molecular weight is 593 g/mol. The predicted octanol–water partition coefficient (Wildman–Crippen LogP) is 6.80. The van der Waals surface area contributed by atoms with E-state index in [1.54, 1.807) is 12.1 Å². The Morgan fingerprint density at radius 2 is 1.76 bits per heavy atom. The van der Waals surface area contributed by atoms with Crippen LogP contribution in [0.5, 0.6) is 5.88 Å². The van der Waals surface area contributed by atoms with Gasteiger partial charge in [0, 0.05) is 24.7 Å². The van der Waals surface area contributed by atoms with Crippen LogP contribution < -0.4 is 9.46 Å². The molecule has 3 aromatic rings. The smallest absolute Gasteiger partial charge is 0.264 e. The third kappa shape index (κ3) is 6.31. The molecule has 0 radical (unpaired) electrons. The van der Waals surface area contributed by atoms with E-state index in [0.29, 0.717) is 35.5 Å². The quantitative estimate of drug-likeness (QED) is 0.338. The van der Waals surface area contributed by atoms with Gasteiger partial charge in [-0.2, -0.15) is 4.98 Å². The number of nitrogens with one attached hydrogen (secondary N) is 1. The molecular weight excluding hydrogens is 548 g/mol. The molecule has 1 atom stereocenters. The number of fused-ring (bicyclic) bond motifs is 4. The summed E-state index contributed by atoms with van der Waals surface area (Å²) in [5.74, 6) is 1.69. The second-order valence-corrected chi connectivity index (χ2v) is 14.2. The van der Waals surface area contributed by atoms with Gasteiger partial charge in [-0.15, -0.1) is 0 Å². The number of amides is 1. The molecule has 1 fully saturated rings. The van der Waals surface area contributed by atoms with Crippen molar-refractivity contribution in [3.63, 3.8) is 0 Å². The highest BCUT2D eigenvalue weighted by atomic mass is 32.2. The summed E-state index contributed by atoms with van der Waals surface area (Å²) in [5, 5.41) is 0. The molecule has 2 aromatic carbocycles. The Labute approximate surface area is 251 Å². The van der Waals surface area contributed by atoms with Crippen LogP contribution in [0.1, 0.15) is 74.9 Å². The van der Waals surface area contributed by atoms with Crippen LogP contribution in [0.3, 0.4) is 0 Å². The normalized spacial score (nSPS) is 21.8. The minimum atomic E-state index is -4.09. The van der Waals surface area contributed by atoms with Gasteiger partial charge < -0.3 is 9.64 Å². The molecule has 1 aromatic heterocycles. The van der Waals surface area contributed by atoms with Gasteiger partial charge in [-0.3, -0.25) is 4.79 Å². The largest absolute Gasteiger partial charge is 0.475 e. The first-order valence-electron chi connectivity index (χ1n) is 14.9. The Morgan fingerprint density at radius 3 is 2.43 bits per heavy atom. The summed E-state index contributed by atoms with van der Waals surface area (Å²) in [5.41, 5.74) is 4.62. The molecule has 0 saturated heterocycles. The van der Waals surface area contributed by atoms with Crippen molar-refractivity contribution in [2.75, 3.05) is 17.9 Å². The van der Waals surface area contributed by atoms with Crippen molar-refractivity contribution in [1.82, 2.24) is 14.9 Å². The number of carbonyl (C=O) groups excluding carboxylic acids is 1. The number of rotatable bonds is 6. The number of hydrogen-bond acceptors (Lipinski definition) is 6. The number of aryl methyl sites for hydroxylation is 2. The van der Waals surface area contributed by atoms with Gasteiger partial charge in [0.1, 0.15) is 6.61 Å². The molecule has 4 bridgehead atoms. The molecule has 2 heterocycles. The Morgan fingerprint density at radius 1 is 1.07 bits per heavy atom. The van der Waals surface area contributed by atoms with Crippen LogP contribution in [0.4, 0.5) is 5.95 Å². The van der Waals surface area contributed by atoms with E-state index in [-0.39, 0.29) is 30.8 Å². The van der Waals surface area contributed by atoms with E-state index in [0.717, 1.165) is 41.0 Å². The molecule has 2 aliphatic rings. The minimum absolute atomic E-state index is 0. The molecule has 1 N–H and O–H groups in total. The van der Waals surface area contributed by atoms with Crippen molar-refractivity contribution in [3.8, 4) is 17.1 Å². The Hall–Kier alpha value is -3.46. The maximum Gasteiger partial charge on any atom is 0.264 e. The molecule has 1 saturated carbocycles. The van der Waals surface area contributed by atoms with Crippen LogP contribution in [0.25, 0.3) is 11.3 Å². The highest BCUT2D eigenvalue weighted by Gasteiger charge is 2.32. The van der Waals surface area contributed by atoms with Crippen LogP contribution in [0.15, 0.2) is 47.4 Å². The zero-order valence-electron chi connectivity index (χ0n) is 25.5. The fraction of sp³-hybridized carbons (Fsp3) is 0.485. The van der Waals surface area contributed by atoms with E-state index in [2.05, 4.69) is 30.5 Å². The van der Waals surface area contributed by atoms with E-state index in [1.165, 1.54) is 25.0 Å². The number of ether oxygens (including phenoxy) is 1. The monoisotopic (exact) mass is 592 g/mol. The van der Waals surface area contributed by atoms with Crippen molar-refractivity contribution in [2.45, 2.75) is 78.2 Å². The van der Waals surface area contributed by atoms with E-state index in [1.807, 2.05) is 43.9 Å². The summed E-state index contributed by atoms with van der Waals surface area (Å²) in [6.45, 7) is 13.3. The lowest BCUT2D eigenvalue weighted by Gasteiger charge is -2.37. The number of carbonyl (C=O) groups is 1. The second-order valence-electron chi connectivity index (χ2n) is 12.6. The van der Waals surface area contributed by atoms with Crippen molar-refractivity contribution < 1.29 is 19.4 Å². The fourth-order valence-corrected chi connectivity index (χ4v) is 7.33. The summed E-state index contributed by atoms with van der Waals surface area (Å²) in [6, 6.07) is 12.0. The molecule has 226 valence electrons. The summed E-state index contributed by atoms with van der Waals surface area (Å²) in [7, 11) is -4.09. The highest BCUT2D eigenvalue weighted by Crippen LogP contribution is 2.37. The number of sulfonamides is 1. The van der Waals surface area contributed by atoms with E-state index < -0.39 is 10.0 Å². The third-order valence-corrected chi connectivity index (χ3v) is 9.87. The number of aromatic nitrogens is 2. The molecule has 1 aliphatic carbocycles. The lowest BCUT2D eigenvalue weighted by Crippen LogP contribution is -2.46. The van der Waals surface area contributed by atoms with Gasteiger partial charge in [0.25, 0.3) is 15.9 Å². The highest BCUT2D eigenvalue weighted by molar-refractivity contribution is 7.92. The van der Waals surface area contributed by atoms with Crippen LogP contribution in [0, 0.1) is 38.5 Å². The lowest BCUT2D eigenvalue weighted by atomic mass is 9.74. The van der Waals surface area contributed by atoms with Crippen molar-refractivity contribution in [3.05, 3.63) is 64.7 Å². The molecule has 0 spiro atoms. The van der Waals surface area contributed by atoms with Crippen LogP contribution in [0.2, 0.25) is 0 Å². The van der Waals surface area contributed by atoms with Gasteiger partial charge in [-0.1, -0.05) is 45.0 Å². The molecule has 9 heteroatoms. The Bertz CT molecular complexity index is 1570. The zero-order valence-corrected chi connectivity index (χ0v) is 26.3. The number of benzene rings is 2. The van der Waals surface area contributed by atoms with Gasteiger partial charge in [0.05, 0.1) is 16.6 Å². The SMILES string of the molecule is Cc1cccc(C)c1-c1nc2nc(c1C)OC[C@@H](CC(C)C)N(CCC1CC(C)C1)C(=O)c1cccc(c1)S(=O)(=O)N2.[HH]. The van der Waals surface area contributed by atoms with Crippen molar-refractivity contribution >= 4 is 21.9 Å². The number of hydrogen-bond donors (Lipinski definition) is 1. The Balaban J connectivity index is 0.00000423. The predicted molar refractivity (Wildman–Crippen MR) is 167 cm³/mol.